The Morgan fingerprint density at radius 1 is 1.39 bits per heavy atom. The van der Waals surface area contributed by atoms with Crippen LogP contribution in [0.3, 0.4) is 0 Å². The number of ether oxygens (including phenoxy) is 1. The number of hydrogen-bond donors (Lipinski definition) is 1. The first-order valence-electron chi connectivity index (χ1n) is 5.93. The molecular weight excluding hydrogens is 251 g/mol. The molecule has 2 aromatic rings. The Kier molecular flexibility index (Phi) is 3.15. The lowest BCUT2D eigenvalue weighted by molar-refractivity contribution is 0.305. The summed E-state index contributed by atoms with van der Waals surface area (Å²) in [6, 6.07) is 6.45. The van der Waals surface area contributed by atoms with E-state index < -0.39 is 0 Å². The maximum absolute atomic E-state index is 13.3. The van der Waals surface area contributed by atoms with E-state index in [4.69, 9.17) is 4.74 Å². The maximum Gasteiger partial charge on any atom is 0.165 e. The van der Waals surface area contributed by atoms with E-state index in [-0.39, 0.29) is 5.82 Å². The SMILES string of the molecule is Fc1ccccc1OCCc1nc2c(s1)CCN2. The molecule has 3 nitrogen and oxygen atoms in total. The number of nitrogens with one attached hydrogen (secondary N) is 1. The molecule has 5 heteroatoms. The largest absolute Gasteiger partial charge is 0.490 e. The standard InChI is InChI=1S/C13H13FN2OS/c14-9-3-1-2-4-10(9)17-8-6-12-16-13-11(18-12)5-7-15-13/h1-4,15H,5-8H2. The molecule has 1 aliphatic rings. The van der Waals surface area contributed by atoms with E-state index in [0.717, 1.165) is 23.8 Å². The number of para-hydroxylation sites is 1. The highest BCUT2D eigenvalue weighted by Gasteiger charge is 2.15. The molecule has 94 valence electrons. The van der Waals surface area contributed by atoms with Crippen molar-refractivity contribution in [3.63, 3.8) is 0 Å². The minimum absolute atomic E-state index is 0.305. The first kappa shape index (κ1) is 11.5. The first-order valence-corrected chi connectivity index (χ1v) is 6.74. The molecule has 3 rings (SSSR count). The van der Waals surface area contributed by atoms with E-state index in [9.17, 15) is 4.39 Å². The quantitative estimate of drug-likeness (QED) is 0.922. The highest BCUT2D eigenvalue weighted by Crippen LogP contribution is 2.28. The van der Waals surface area contributed by atoms with Gasteiger partial charge in [-0.25, -0.2) is 9.37 Å². The van der Waals surface area contributed by atoms with Gasteiger partial charge >= 0.3 is 0 Å². The van der Waals surface area contributed by atoms with Crippen LogP contribution in [0, 0.1) is 5.82 Å². The number of anilines is 1. The van der Waals surface area contributed by atoms with Crippen LogP contribution in [0.2, 0.25) is 0 Å². The summed E-state index contributed by atoms with van der Waals surface area (Å²) >= 11 is 1.71. The van der Waals surface area contributed by atoms with Crippen molar-refractivity contribution in [1.82, 2.24) is 4.98 Å². The molecule has 18 heavy (non-hydrogen) atoms. The van der Waals surface area contributed by atoms with Crippen molar-refractivity contribution in [2.24, 2.45) is 0 Å². The Morgan fingerprint density at radius 3 is 3.11 bits per heavy atom. The van der Waals surface area contributed by atoms with E-state index in [2.05, 4.69) is 10.3 Å². The molecule has 0 atom stereocenters. The van der Waals surface area contributed by atoms with E-state index in [1.807, 2.05) is 0 Å². The van der Waals surface area contributed by atoms with Crippen molar-refractivity contribution in [2.75, 3.05) is 18.5 Å². The van der Waals surface area contributed by atoms with Crippen LogP contribution in [-0.4, -0.2) is 18.1 Å². The molecule has 0 radical (unpaired) electrons. The third-order valence-corrected chi connectivity index (χ3v) is 3.97. The molecular formula is C13H13FN2OS. The molecule has 2 heterocycles. The van der Waals surface area contributed by atoms with Gasteiger partial charge in [-0.3, -0.25) is 0 Å². The monoisotopic (exact) mass is 264 g/mol. The smallest absolute Gasteiger partial charge is 0.165 e. The van der Waals surface area contributed by atoms with Gasteiger partial charge in [0.15, 0.2) is 11.6 Å². The van der Waals surface area contributed by atoms with Crippen LogP contribution in [0.5, 0.6) is 5.75 Å². The van der Waals surface area contributed by atoms with Crippen LogP contribution in [0.15, 0.2) is 24.3 Å². The van der Waals surface area contributed by atoms with Crippen LogP contribution < -0.4 is 10.1 Å². The van der Waals surface area contributed by atoms with Crippen LogP contribution in [0.25, 0.3) is 0 Å². The van der Waals surface area contributed by atoms with Gasteiger partial charge in [0.1, 0.15) is 5.82 Å². The molecule has 0 fully saturated rings. The van der Waals surface area contributed by atoms with Crippen LogP contribution >= 0.6 is 11.3 Å². The van der Waals surface area contributed by atoms with Crippen LogP contribution in [0.1, 0.15) is 9.88 Å². The molecule has 0 saturated carbocycles. The van der Waals surface area contributed by atoms with Crippen molar-refractivity contribution in [3.8, 4) is 5.75 Å². The fourth-order valence-corrected chi connectivity index (χ4v) is 2.94. The Balaban J connectivity index is 1.57. The van der Waals surface area contributed by atoms with Gasteiger partial charge in [-0.1, -0.05) is 12.1 Å². The fraction of sp³-hybridized carbons (Fsp3) is 0.308. The summed E-state index contributed by atoms with van der Waals surface area (Å²) in [5.74, 6) is 1.00. The van der Waals surface area contributed by atoms with Gasteiger partial charge in [-0.2, -0.15) is 0 Å². The topological polar surface area (TPSA) is 34.1 Å². The number of benzene rings is 1. The minimum Gasteiger partial charge on any atom is -0.490 e. The van der Waals surface area contributed by atoms with Crippen molar-refractivity contribution < 1.29 is 9.13 Å². The molecule has 0 aliphatic carbocycles. The van der Waals surface area contributed by atoms with E-state index in [1.54, 1.807) is 29.5 Å². The summed E-state index contributed by atoms with van der Waals surface area (Å²) in [6.45, 7) is 1.44. The molecule has 1 aliphatic heterocycles. The summed E-state index contributed by atoms with van der Waals surface area (Å²) < 4.78 is 18.7. The van der Waals surface area contributed by atoms with Crippen molar-refractivity contribution in [3.05, 3.63) is 40.0 Å². The van der Waals surface area contributed by atoms with Gasteiger partial charge < -0.3 is 10.1 Å². The molecule has 0 spiro atoms. The Labute approximate surface area is 109 Å². The lowest BCUT2D eigenvalue weighted by atomic mass is 10.3. The normalized spacial score (nSPS) is 13.2. The number of rotatable bonds is 4. The fourth-order valence-electron chi connectivity index (χ4n) is 1.92. The molecule has 0 amide bonds. The van der Waals surface area contributed by atoms with Crippen molar-refractivity contribution in [2.45, 2.75) is 12.8 Å². The second kappa shape index (κ2) is 4.94. The zero-order chi connectivity index (χ0) is 12.4. The number of fused-ring (bicyclic) bond motifs is 1. The Morgan fingerprint density at radius 2 is 2.28 bits per heavy atom. The van der Waals surface area contributed by atoms with Gasteiger partial charge in [0.05, 0.1) is 16.5 Å². The van der Waals surface area contributed by atoms with Crippen molar-refractivity contribution in [1.29, 1.82) is 0 Å². The predicted molar refractivity (Wildman–Crippen MR) is 69.9 cm³/mol. The first-order chi connectivity index (χ1) is 8.83. The molecule has 1 aromatic heterocycles. The average Bonchev–Trinajstić information content (AvgIpc) is 2.92. The maximum atomic E-state index is 13.3. The second-order valence-corrected chi connectivity index (χ2v) is 5.25. The van der Waals surface area contributed by atoms with Gasteiger partial charge in [0, 0.05) is 19.4 Å². The summed E-state index contributed by atoms with van der Waals surface area (Å²) in [5, 5.41) is 4.28. The molecule has 1 N–H and O–H groups in total. The Bertz CT molecular complexity index is 534. The molecule has 0 bridgehead atoms. The minimum atomic E-state index is -0.319. The number of aromatic nitrogens is 1. The second-order valence-electron chi connectivity index (χ2n) is 4.09. The Hall–Kier alpha value is -1.62. The lowest BCUT2D eigenvalue weighted by Crippen LogP contribution is -2.03. The molecule has 0 unspecified atom stereocenters. The van der Waals surface area contributed by atoms with Crippen LogP contribution in [0.4, 0.5) is 10.2 Å². The lowest BCUT2D eigenvalue weighted by Gasteiger charge is -2.05. The number of nitrogens with zero attached hydrogens (tertiary/aromatic N) is 1. The van der Waals surface area contributed by atoms with Gasteiger partial charge in [0.25, 0.3) is 0 Å². The molecule has 1 aromatic carbocycles. The summed E-state index contributed by atoms with van der Waals surface area (Å²) in [5.41, 5.74) is 0. The highest BCUT2D eigenvalue weighted by molar-refractivity contribution is 7.12. The number of thiazole rings is 1. The predicted octanol–water partition coefficient (Wildman–Crippen LogP) is 2.87. The summed E-state index contributed by atoms with van der Waals surface area (Å²) in [7, 11) is 0. The van der Waals surface area contributed by atoms with Gasteiger partial charge in [-0.05, 0) is 12.1 Å². The van der Waals surface area contributed by atoms with Gasteiger partial charge in [-0.15, -0.1) is 11.3 Å². The van der Waals surface area contributed by atoms with Crippen LogP contribution in [-0.2, 0) is 12.8 Å². The zero-order valence-electron chi connectivity index (χ0n) is 9.78. The average molecular weight is 264 g/mol. The van der Waals surface area contributed by atoms with E-state index in [1.165, 1.54) is 10.9 Å². The van der Waals surface area contributed by atoms with E-state index in [0.29, 0.717) is 18.8 Å². The third-order valence-electron chi connectivity index (χ3n) is 2.80. The number of halogens is 1. The summed E-state index contributed by atoms with van der Waals surface area (Å²) in [6.07, 6.45) is 1.77. The molecule has 0 saturated heterocycles. The van der Waals surface area contributed by atoms with Crippen molar-refractivity contribution >= 4 is 17.2 Å². The summed E-state index contributed by atoms with van der Waals surface area (Å²) in [4.78, 5) is 5.79. The van der Waals surface area contributed by atoms with E-state index >= 15 is 0 Å². The third kappa shape index (κ3) is 2.31. The highest BCUT2D eigenvalue weighted by atomic mass is 32.1. The zero-order valence-corrected chi connectivity index (χ0v) is 10.6. The van der Waals surface area contributed by atoms with Gasteiger partial charge in [0.2, 0.25) is 0 Å². The number of hydrogen-bond acceptors (Lipinski definition) is 4.